The first-order valence-electron chi connectivity index (χ1n) is 10.4. The summed E-state index contributed by atoms with van der Waals surface area (Å²) in [6.45, 7) is 3.47. The average Bonchev–Trinajstić information content (AvgIpc) is 3.10. The van der Waals surface area contributed by atoms with Crippen LogP contribution < -0.4 is 5.32 Å². The number of carbonyl (C=O) groups is 1. The molecule has 2 aromatic carbocycles. The third-order valence-electron chi connectivity index (χ3n) is 6.41. The minimum absolute atomic E-state index is 0.0180. The van der Waals surface area contributed by atoms with Crippen LogP contribution in [0.5, 0.6) is 0 Å². The maximum absolute atomic E-state index is 14.1. The van der Waals surface area contributed by atoms with Crippen LogP contribution >= 0.6 is 0 Å². The van der Waals surface area contributed by atoms with Gasteiger partial charge < -0.3 is 10.2 Å². The van der Waals surface area contributed by atoms with Gasteiger partial charge in [0.2, 0.25) is 0 Å². The second kappa shape index (κ2) is 7.34. The van der Waals surface area contributed by atoms with Crippen molar-refractivity contribution in [3.05, 3.63) is 64.8 Å². The summed E-state index contributed by atoms with van der Waals surface area (Å²) in [6.07, 6.45) is -1.36. The van der Waals surface area contributed by atoms with Gasteiger partial charge in [-0.15, -0.1) is 0 Å². The van der Waals surface area contributed by atoms with Gasteiger partial charge in [0.1, 0.15) is 0 Å². The molecule has 0 radical (unpaired) electrons. The molecule has 1 fully saturated rings. The van der Waals surface area contributed by atoms with Crippen molar-refractivity contribution in [2.24, 2.45) is 0 Å². The number of hydrogen-bond donors (Lipinski definition) is 1. The van der Waals surface area contributed by atoms with Crippen LogP contribution in [0.1, 0.15) is 39.9 Å². The second-order valence-electron chi connectivity index (χ2n) is 8.29. The summed E-state index contributed by atoms with van der Waals surface area (Å²) in [5.41, 5.74) is 2.28. The molecule has 31 heavy (non-hydrogen) atoms. The predicted octanol–water partition coefficient (Wildman–Crippen LogP) is 4.94. The number of rotatable bonds is 2. The van der Waals surface area contributed by atoms with Crippen LogP contribution in [0.2, 0.25) is 0 Å². The van der Waals surface area contributed by atoms with Gasteiger partial charge >= 0.3 is 6.18 Å². The molecule has 0 spiro atoms. The van der Waals surface area contributed by atoms with Gasteiger partial charge in [-0.25, -0.2) is 0 Å². The van der Waals surface area contributed by atoms with Crippen molar-refractivity contribution < 1.29 is 18.0 Å². The quantitative estimate of drug-likeness (QED) is 0.633. The van der Waals surface area contributed by atoms with E-state index in [4.69, 9.17) is 0 Å². The van der Waals surface area contributed by atoms with Gasteiger partial charge in [0.05, 0.1) is 11.1 Å². The molecule has 0 unspecified atom stereocenters. The highest BCUT2D eigenvalue weighted by atomic mass is 19.4. The van der Waals surface area contributed by atoms with E-state index in [2.05, 4.69) is 10.3 Å². The number of nitrogens with one attached hydrogen (secondary N) is 1. The Bertz CT molecular complexity index is 1180. The van der Waals surface area contributed by atoms with E-state index in [1.165, 1.54) is 6.07 Å². The van der Waals surface area contributed by atoms with Crippen LogP contribution in [0.25, 0.3) is 22.0 Å². The molecule has 2 aliphatic rings. The van der Waals surface area contributed by atoms with Gasteiger partial charge in [0.15, 0.2) is 0 Å². The van der Waals surface area contributed by atoms with Crippen LogP contribution in [-0.2, 0) is 12.7 Å². The number of pyridine rings is 1. The zero-order chi connectivity index (χ0) is 21.8. The van der Waals surface area contributed by atoms with Crippen molar-refractivity contribution >= 4 is 16.8 Å². The van der Waals surface area contributed by atoms with Gasteiger partial charge in [-0.3, -0.25) is 9.78 Å². The first-order chi connectivity index (χ1) is 14.8. The van der Waals surface area contributed by atoms with E-state index in [0.29, 0.717) is 11.1 Å². The Morgan fingerprint density at radius 1 is 1.10 bits per heavy atom. The Kier molecular flexibility index (Phi) is 4.73. The molecule has 0 saturated carbocycles. The van der Waals surface area contributed by atoms with Crippen molar-refractivity contribution in [3.63, 3.8) is 0 Å². The predicted molar refractivity (Wildman–Crippen MR) is 113 cm³/mol. The number of carbonyl (C=O) groups excluding carboxylic acids is 1. The van der Waals surface area contributed by atoms with Crippen molar-refractivity contribution in [3.8, 4) is 11.1 Å². The number of aryl methyl sites for hydroxylation is 1. The summed E-state index contributed by atoms with van der Waals surface area (Å²) in [5, 5.41) is 4.01. The number of nitrogens with zero attached hydrogens (tertiary/aromatic N) is 2. The number of halogens is 3. The Labute approximate surface area is 178 Å². The Hall–Kier alpha value is -2.93. The van der Waals surface area contributed by atoms with Crippen molar-refractivity contribution in [2.45, 2.75) is 38.5 Å². The van der Waals surface area contributed by atoms with Crippen LogP contribution in [-0.4, -0.2) is 34.9 Å². The largest absolute Gasteiger partial charge is 0.416 e. The van der Waals surface area contributed by atoms with Gasteiger partial charge in [0.25, 0.3) is 5.91 Å². The van der Waals surface area contributed by atoms with Crippen LogP contribution in [0.15, 0.2) is 42.6 Å². The van der Waals surface area contributed by atoms with Gasteiger partial charge in [0, 0.05) is 29.7 Å². The normalized spacial score (nSPS) is 17.4. The van der Waals surface area contributed by atoms with E-state index in [-0.39, 0.29) is 29.6 Å². The number of piperidine rings is 1. The van der Waals surface area contributed by atoms with Crippen LogP contribution in [0.4, 0.5) is 13.2 Å². The van der Waals surface area contributed by atoms with Gasteiger partial charge in [-0.05, 0) is 73.3 Å². The number of alkyl halides is 3. The van der Waals surface area contributed by atoms with Crippen molar-refractivity contribution in [2.75, 3.05) is 13.1 Å². The highest BCUT2D eigenvalue weighted by molar-refractivity contribution is 6.02. The molecule has 2 aliphatic heterocycles. The fourth-order valence-corrected chi connectivity index (χ4v) is 4.82. The molecule has 160 valence electrons. The Morgan fingerprint density at radius 3 is 2.61 bits per heavy atom. The molecule has 4 nitrogen and oxygen atoms in total. The zero-order valence-electron chi connectivity index (χ0n) is 17.1. The molecule has 1 amide bonds. The lowest BCUT2D eigenvalue weighted by Gasteiger charge is -2.31. The third kappa shape index (κ3) is 3.37. The lowest BCUT2D eigenvalue weighted by atomic mass is 9.92. The van der Waals surface area contributed by atoms with Crippen molar-refractivity contribution in [1.29, 1.82) is 0 Å². The molecule has 1 saturated heterocycles. The first-order valence-corrected chi connectivity index (χ1v) is 10.4. The molecule has 1 aromatic heterocycles. The molecular weight excluding hydrogens is 403 g/mol. The van der Waals surface area contributed by atoms with E-state index in [0.717, 1.165) is 42.4 Å². The van der Waals surface area contributed by atoms with E-state index >= 15 is 0 Å². The SMILES string of the molecule is Cc1ccc(-c2cc3c(c(C(F)(F)F)c2)CN(C2CCNCC2)C3=O)c2cccnc12. The summed E-state index contributed by atoms with van der Waals surface area (Å²) in [6, 6.07) is 10.1. The standard InChI is InChI=1S/C24H22F3N3O/c1-14-4-5-17(18-3-2-8-29-22(14)18)15-11-19-20(21(12-15)24(25,26)27)13-30(23(19)31)16-6-9-28-10-7-16/h2-5,8,11-12,16,28H,6-7,9-10,13H2,1H3. The maximum Gasteiger partial charge on any atom is 0.416 e. The summed E-state index contributed by atoms with van der Waals surface area (Å²) in [7, 11) is 0. The summed E-state index contributed by atoms with van der Waals surface area (Å²) < 4.78 is 42.2. The lowest BCUT2D eigenvalue weighted by Crippen LogP contribution is -2.43. The highest BCUT2D eigenvalue weighted by Crippen LogP contribution is 2.42. The smallest absolute Gasteiger partial charge is 0.331 e. The maximum atomic E-state index is 14.1. The number of aromatic nitrogens is 1. The number of fused-ring (bicyclic) bond motifs is 2. The summed E-state index contributed by atoms with van der Waals surface area (Å²) >= 11 is 0. The third-order valence-corrected chi connectivity index (χ3v) is 6.41. The average molecular weight is 425 g/mol. The number of hydrogen-bond acceptors (Lipinski definition) is 3. The molecule has 7 heteroatoms. The molecule has 0 bridgehead atoms. The van der Waals surface area contributed by atoms with Crippen LogP contribution in [0.3, 0.4) is 0 Å². The van der Waals surface area contributed by atoms with E-state index in [1.54, 1.807) is 23.2 Å². The fourth-order valence-electron chi connectivity index (χ4n) is 4.82. The molecule has 1 N–H and O–H groups in total. The van der Waals surface area contributed by atoms with Crippen molar-refractivity contribution in [1.82, 2.24) is 15.2 Å². The molecule has 3 aromatic rings. The minimum atomic E-state index is -4.54. The fraction of sp³-hybridized carbons (Fsp3) is 0.333. The number of amides is 1. The molecule has 0 aliphatic carbocycles. The molecule has 3 heterocycles. The lowest BCUT2D eigenvalue weighted by molar-refractivity contribution is -0.138. The zero-order valence-corrected chi connectivity index (χ0v) is 17.1. The highest BCUT2D eigenvalue weighted by Gasteiger charge is 2.42. The van der Waals surface area contributed by atoms with Crippen LogP contribution in [0, 0.1) is 6.92 Å². The molecule has 5 rings (SSSR count). The Morgan fingerprint density at radius 2 is 1.87 bits per heavy atom. The number of benzene rings is 2. The van der Waals surface area contributed by atoms with E-state index < -0.39 is 11.7 Å². The van der Waals surface area contributed by atoms with Gasteiger partial charge in [-0.1, -0.05) is 18.2 Å². The molecule has 0 atom stereocenters. The molecular formula is C24H22F3N3O. The Balaban J connectivity index is 1.67. The monoisotopic (exact) mass is 425 g/mol. The summed E-state index contributed by atoms with van der Waals surface area (Å²) in [5.74, 6) is -0.302. The van der Waals surface area contributed by atoms with E-state index in [1.807, 2.05) is 25.1 Å². The minimum Gasteiger partial charge on any atom is -0.331 e. The first kappa shape index (κ1) is 20.0. The van der Waals surface area contributed by atoms with Gasteiger partial charge in [-0.2, -0.15) is 13.2 Å². The second-order valence-corrected chi connectivity index (χ2v) is 8.29. The summed E-state index contributed by atoms with van der Waals surface area (Å²) in [4.78, 5) is 19.2. The van der Waals surface area contributed by atoms with E-state index in [9.17, 15) is 18.0 Å². The topological polar surface area (TPSA) is 45.2 Å².